The lowest BCUT2D eigenvalue weighted by Gasteiger charge is -2.09. The number of rotatable bonds is 6. The Labute approximate surface area is 130 Å². The summed E-state index contributed by atoms with van der Waals surface area (Å²) in [6.45, 7) is 3.09. The first-order valence-corrected chi connectivity index (χ1v) is 7.39. The van der Waals surface area contributed by atoms with Gasteiger partial charge in [0.15, 0.2) is 0 Å². The fourth-order valence-electron chi connectivity index (χ4n) is 2.16. The Kier molecular flexibility index (Phi) is 5.78. The second-order valence-corrected chi connectivity index (χ2v) is 5.22. The molecule has 0 aliphatic carbocycles. The van der Waals surface area contributed by atoms with Crippen molar-refractivity contribution in [1.82, 2.24) is 5.32 Å². The smallest absolute Gasteiger partial charge is 0.238 e. The molecule has 1 amide bonds. The van der Waals surface area contributed by atoms with E-state index in [4.69, 9.17) is 11.6 Å². The highest BCUT2D eigenvalue weighted by Gasteiger charge is 2.04. The molecule has 4 heteroatoms. The Balaban J connectivity index is 1.82. The molecular weight excluding hydrogens is 284 g/mol. The maximum Gasteiger partial charge on any atom is 0.238 e. The van der Waals surface area contributed by atoms with Crippen LogP contribution in [0.4, 0.5) is 5.69 Å². The Morgan fingerprint density at radius 3 is 2.57 bits per heavy atom. The van der Waals surface area contributed by atoms with Crippen LogP contribution in [0.1, 0.15) is 18.1 Å². The third-order valence-corrected chi connectivity index (χ3v) is 3.44. The first kappa shape index (κ1) is 15.5. The summed E-state index contributed by atoms with van der Waals surface area (Å²) in [6.07, 6.45) is 0.993. The zero-order chi connectivity index (χ0) is 15.1. The first-order valence-electron chi connectivity index (χ1n) is 7.02. The van der Waals surface area contributed by atoms with Gasteiger partial charge in [0.1, 0.15) is 0 Å². The van der Waals surface area contributed by atoms with Crippen molar-refractivity contribution >= 4 is 23.2 Å². The summed E-state index contributed by atoms with van der Waals surface area (Å²) < 4.78 is 0. The number of benzene rings is 2. The van der Waals surface area contributed by atoms with Gasteiger partial charge in [0.05, 0.1) is 6.54 Å². The SMILES string of the molecule is CCc1ccccc1CNCC(=O)Nc1cccc(Cl)c1. The number of carbonyl (C=O) groups is 1. The van der Waals surface area contributed by atoms with E-state index in [9.17, 15) is 4.79 Å². The van der Waals surface area contributed by atoms with Gasteiger partial charge in [-0.1, -0.05) is 48.9 Å². The van der Waals surface area contributed by atoms with Crippen LogP contribution in [0, 0.1) is 0 Å². The zero-order valence-corrected chi connectivity index (χ0v) is 12.8. The zero-order valence-electron chi connectivity index (χ0n) is 12.0. The number of hydrogen-bond acceptors (Lipinski definition) is 2. The monoisotopic (exact) mass is 302 g/mol. The highest BCUT2D eigenvalue weighted by atomic mass is 35.5. The molecule has 0 spiro atoms. The van der Waals surface area contributed by atoms with E-state index >= 15 is 0 Å². The van der Waals surface area contributed by atoms with Crippen LogP contribution >= 0.6 is 11.6 Å². The Morgan fingerprint density at radius 2 is 1.86 bits per heavy atom. The summed E-state index contributed by atoms with van der Waals surface area (Å²) in [5.41, 5.74) is 3.25. The van der Waals surface area contributed by atoms with E-state index in [0.717, 1.165) is 6.42 Å². The van der Waals surface area contributed by atoms with Crippen molar-refractivity contribution in [2.45, 2.75) is 19.9 Å². The largest absolute Gasteiger partial charge is 0.325 e. The van der Waals surface area contributed by atoms with Crippen molar-refractivity contribution in [3.63, 3.8) is 0 Å². The van der Waals surface area contributed by atoms with Gasteiger partial charge in [0.2, 0.25) is 5.91 Å². The normalized spacial score (nSPS) is 10.4. The Hall–Kier alpha value is -1.84. The average molecular weight is 303 g/mol. The van der Waals surface area contributed by atoms with Crippen molar-refractivity contribution in [2.75, 3.05) is 11.9 Å². The number of anilines is 1. The molecule has 21 heavy (non-hydrogen) atoms. The lowest BCUT2D eigenvalue weighted by atomic mass is 10.1. The third kappa shape index (κ3) is 4.88. The van der Waals surface area contributed by atoms with E-state index < -0.39 is 0 Å². The summed E-state index contributed by atoms with van der Waals surface area (Å²) in [5.74, 6) is -0.0775. The van der Waals surface area contributed by atoms with Crippen LogP contribution in [0.2, 0.25) is 5.02 Å². The number of nitrogens with one attached hydrogen (secondary N) is 2. The molecule has 2 rings (SSSR count). The Morgan fingerprint density at radius 1 is 1.10 bits per heavy atom. The fraction of sp³-hybridized carbons (Fsp3) is 0.235. The second-order valence-electron chi connectivity index (χ2n) is 4.78. The minimum atomic E-state index is -0.0775. The summed E-state index contributed by atoms with van der Waals surface area (Å²) >= 11 is 5.88. The van der Waals surface area contributed by atoms with E-state index in [-0.39, 0.29) is 12.5 Å². The van der Waals surface area contributed by atoms with Crippen molar-refractivity contribution in [3.8, 4) is 0 Å². The third-order valence-electron chi connectivity index (χ3n) is 3.21. The molecule has 110 valence electrons. The molecule has 0 saturated heterocycles. The van der Waals surface area contributed by atoms with Gasteiger partial charge in [-0.2, -0.15) is 0 Å². The van der Waals surface area contributed by atoms with Crippen LogP contribution in [0.5, 0.6) is 0 Å². The van der Waals surface area contributed by atoms with Crippen molar-refractivity contribution in [1.29, 1.82) is 0 Å². The van der Waals surface area contributed by atoms with E-state index in [1.165, 1.54) is 11.1 Å². The molecule has 0 radical (unpaired) electrons. The van der Waals surface area contributed by atoms with Crippen molar-refractivity contribution < 1.29 is 4.79 Å². The van der Waals surface area contributed by atoms with Gasteiger partial charge in [0.25, 0.3) is 0 Å². The number of amides is 1. The van der Waals surface area contributed by atoms with Crippen LogP contribution in [-0.4, -0.2) is 12.5 Å². The minimum Gasteiger partial charge on any atom is -0.325 e. The molecule has 0 unspecified atom stereocenters. The summed E-state index contributed by atoms with van der Waals surface area (Å²) in [5, 5.41) is 6.59. The molecule has 0 saturated carbocycles. The molecule has 0 aliphatic heterocycles. The molecule has 2 aromatic carbocycles. The number of carbonyl (C=O) groups excluding carboxylic acids is 1. The molecule has 0 heterocycles. The molecule has 2 aromatic rings. The second kappa shape index (κ2) is 7.81. The molecular formula is C17H19ClN2O. The van der Waals surface area contributed by atoms with Crippen molar-refractivity contribution in [3.05, 3.63) is 64.7 Å². The summed E-state index contributed by atoms with van der Waals surface area (Å²) in [4.78, 5) is 11.9. The molecule has 2 N–H and O–H groups in total. The van der Waals surface area contributed by atoms with E-state index in [0.29, 0.717) is 17.3 Å². The van der Waals surface area contributed by atoms with Gasteiger partial charge in [-0.25, -0.2) is 0 Å². The number of hydrogen-bond donors (Lipinski definition) is 2. The summed E-state index contributed by atoms with van der Waals surface area (Å²) in [7, 11) is 0. The lowest BCUT2D eigenvalue weighted by molar-refractivity contribution is -0.115. The van der Waals surface area contributed by atoms with Crippen molar-refractivity contribution in [2.24, 2.45) is 0 Å². The van der Waals surface area contributed by atoms with Crippen LogP contribution in [0.3, 0.4) is 0 Å². The number of halogens is 1. The van der Waals surface area contributed by atoms with Gasteiger partial charge < -0.3 is 10.6 Å². The van der Waals surface area contributed by atoms with Gasteiger partial charge in [-0.3, -0.25) is 4.79 Å². The Bertz CT molecular complexity index is 613. The molecule has 3 nitrogen and oxygen atoms in total. The minimum absolute atomic E-state index is 0.0775. The molecule has 0 aromatic heterocycles. The average Bonchev–Trinajstić information content (AvgIpc) is 2.47. The highest BCUT2D eigenvalue weighted by Crippen LogP contribution is 2.14. The van der Waals surface area contributed by atoms with Gasteiger partial charge in [-0.05, 0) is 35.7 Å². The molecule has 0 atom stereocenters. The van der Waals surface area contributed by atoms with Gasteiger partial charge >= 0.3 is 0 Å². The van der Waals surface area contributed by atoms with Crippen LogP contribution in [0.15, 0.2) is 48.5 Å². The van der Waals surface area contributed by atoms with Crippen LogP contribution in [-0.2, 0) is 17.8 Å². The van der Waals surface area contributed by atoms with Crippen LogP contribution < -0.4 is 10.6 Å². The highest BCUT2D eigenvalue weighted by molar-refractivity contribution is 6.30. The predicted octanol–water partition coefficient (Wildman–Crippen LogP) is 3.63. The molecule has 0 fully saturated rings. The number of aryl methyl sites for hydroxylation is 1. The standard InChI is InChI=1S/C17H19ClN2O/c1-2-13-6-3-4-7-14(13)11-19-12-17(21)20-16-9-5-8-15(18)10-16/h3-10,19H,2,11-12H2,1H3,(H,20,21). The van der Waals surface area contributed by atoms with E-state index in [1.807, 2.05) is 24.3 Å². The predicted molar refractivity (Wildman–Crippen MR) is 87.6 cm³/mol. The van der Waals surface area contributed by atoms with Gasteiger partial charge in [-0.15, -0.1) is 0 Å². The summed E-state index contributed by atoms with van der Waals surface area (Å²) in [6, 6.07) is 15.4. The molecule has 0 aliphatic rings. The van der Waals surface area contributed by atoms with Gasteiger partial charge in [0, 0.05) is 17.3 Å². The van der Waals surface area contributed by atoms with E-state index in [1.54, 1.807) is 12.1 Å². The maximum atomic E-state index is 11.9. The van der Waals surface area contributed by atoms with Crippen LogP contribution in [0.25, 0.3) is 0 Å². The quantitative estimate of drug-likeness (QED) is 0.855. The fourth-order valence-corrected chi connectivity index (χ4v) is 2.35. The lowest BCUT2D eigenvalue weighted by Crippen LogP contribution is -2.28. The topological polar surface area (TPSA) is 41.1 Å². The maximum absolute atomic E-state index is 11.9. The van der Waals surface area contributed by atoms with E-state index in [2.05, 4.69) is 29.7 Å². The first-order chi connectivity index (χ1) is 10.2. The molecule has 0 bridgehead atoms.